The Balaban J connectivity index is 2.70. The Morgan fingerprint density at radius 2 is 1.71 bits per heavy atom. The number of rotatable bonds is 5. The predicted molar refractivity (Wildman–Crippen MR) is 71.8 cm³/mol. The molecule has 1 atom stereocenters. The van der Waals surface area contributed by atoms with Crippen LogP contribution in [0.5, 0.6) is 0 Å². The number of carbonyl (C=O) groups excluding carboxylic acids is 1. The molecule has 0 aromatic heterocycles. The second kappa shape index (κ2) is 6.43. The van der Waals surface area contributed by atoms with Crippen molar-refractivity contribution in [2.75, 3.05) is 0 Å². The zero-order valence-electron chi connectivity index (χ0n) is 11.2. The Hall–Kier alpha value is -1.31. The molecule has 0 aliphatic rings. The average molecular weight is 233 g/mol. The fraction of sp³-hybridized carbons (Fsp3) is 0.533. The lowest BCUT2D eigenvalue weighted by Gasteiger charge is -2.21. The molecular formula is C15H23NO. The van der Waals surface area contributed by atoms with Gasteiger partial charge in [-0.25, -0.2) is 0 Å². The molecule has 2 nitrogen and oxygen atoms in total. The van der Waals surface area contributed by atoms with Crippen molar-refractivity contribution in [3.63, 3.8) is 0 Å². The molecule has 0 spiro atoms. The molecule has 0 bridgehead atoms. The van der Waals surface area contributed by atoms with Crippen molar-refractivity contribution in [2.45, 2.75) is 40.2 Å². The number of carbonyl (C=O) groups is 1. The van der Waals surface area contributed by atoms with Crippen molar-refractivity contribution >= 4 is 5.91 Å². The van der Waals surface area contributed by atoms with E-state index in [2.05, 4.69) is 31.3 Å². The van der Waals surface area contributed by atoms with Crippen LogP contribution in [0.25, 0.3) is 0 Å². The smallest absolute Gasteiger partial charge is 0.223 e. The van der Waals surface area contributed by atoms with E-state index in [1.165, 1.54) is 5.56 Å². The van der Waals surface area contributed by atoms with Gasteiger partial charge in [0.2, 0.25) is 5.91 Å². The van der Waals surface area contributed by atoms with Gasteiger partial charge in [0.25, 0.3) is 0 Å². The Morgan fingerprint density at radius 3 is 2.18 bits per heavy atom. The van der Waals surface area contributed by atoms with E-state index < -0.39 is 0 Å². The monoisotopic (exact) mass is 233 g/mol. The highest BCUT2D eigenvalue weighted by Crippen LogP contribution is 2.17. The molecule has 1 rings (SSSR count). The van der Waals surface area contributed by atoms with Gasteiger partial charge in [-0.15, -0.1) is 0 Å². The van der Waals surface area contributed by atoms with Crippen LogP contribution in [0.1, 0.15) is 33.3 Å². The van der Waals surface area contributed by atoms with Gasteiger partial charge in [-0.1, -0.05) is 44.2 Å². The van der Waals surface area contributed by atoms with Crippen LogP contribution < -0.4 is 5.32 Å². The van der Waals surface area contributed by atoms with Gasteiger partial charge in [0.1, 0.15) is 0 Å². The van der Waals surface area contributed by atoms with E-state index in [9.17, 15) is 4.79 Å². The summed E-state index contributed by atoms with van der Waals surface area (Å²) in [4.78, 5) is 12.1. The highest BCUT2D eigenvalue weighted by Gasteiger charge is 2.22. The zero-order valence-corrected chi connectivity index (χ0v) is 11.2. The Bertz CT molecular complexity index is 343. The van der Waals surface area contributed by atoms with Crippen LogP contribution in [0.4, 0.5) is 0 Å². The fourth-order valence-electron chi connectivity index (χ4n) is 1.89. The molecule has 1 N–H and O–H groups in total. The van der Waals surface area contributed by atoms with Gasteiger partial charge in [0.05, 0.1) is 0 Å². The SMILES string of the molecule is CC(C)NC(=O)C(Cc1ccccc1)C(C)C. The molecule has 0 fully saturated rings. The van der Waals surface area contributed by atoms with Crippen LogP contribution in [0.2, 0.25) is 0 Å². The lowest BCUT2D eigenvalue weighted by atomic mass is 9.88. The molecule has 1 unspecified atom stereocenters. The molecule has 0 heterocycles. The summed E-state index contributed by atoms with van der Waals surface area (Å²) in [5.41, 5.74) is 1.23. The minimum absolute atomic E-state index is 0.0554. The first kappa shape index (κ1) is 13.8. The van der Waals surface area contributed by atoms with Gasteiger partial charge in [0, 0.05) is 12.0 Å². The molecule has 0 aliphatic carbocycles. The van der Waals surface area contributed by atoms with Crippen LogP contribution in [0, 0.1) is 11.8 Å². The maximum Gasteiger partial charge on any atom is 0.223 e. The minimum atomic E-state index is 0.0554. The van der Waals surface area contributed by atoms with Crippen LogP contribution in [-0.4, -0.2) is 11.9 Å². The summed E-state index contributed by atoms with van der Waals surface area (Å²) in [6.45, 7) is 8.20. The topological polar surface area (TPSA) is 29.1 Å². The van der Waals surface area contributed by atoms with Crippen LogP contribution in [-0.2, 0) is 11.2 Å². The zero-order chi connectivity index (χ0) is 12.8. The Morgan fingerprint density at radius 1 is 1.12 bits per heavy atom. The van der Waals surface area contributed by atoms with E-state index in [1.54, 1.807) is 0 Å². The predicted octanol–water partition coefficient (Wildman–Crippen LogP) is 3.03. The van der Waals surface area contributed by atoms with Crippen molar-refractivity contribution in [3.8, 4) is 0 Å². The number of amides is 1. The Kier molecular flexibility index (Phi) is 5.20. The van der Waals surface area contributed by atoms with Crippen LogP contribution in [0.3, 0.4) is 0 Å². The average Bonchev–Trinajstić information content (AvgIpc) is 2.25. The first-order valence-electron chi connectivity index (χ1n) is 6.35. The normalized spacial score (nSPS) is 12.8. The summed E-state index contributed by atoms with van der Waals surface area (Å²) in [6, 6.07) is 10.4. The fourth-order valence-corrected chi connectivity index (χ4v) is 1.89. The lowest BCUT2D eigenvalue weighted by Crippen LogP contribution is -2.38. The largest absolute Gasteiger partial charge is 0.354 e. The van der Waals surface area contributed by atoms with Crippen LogP contribution >= 0.6 is 0 Å². The first-order valence-corrected chi connectivity index (χ1v) is 6.35. The van der Waals surface area contributed by atoms with E-state index in [0.29, 0.717) is 5.92 Å². The van der Waals surface area contributed by atoms with Gasteiger partial charge in [-0.05, 0) is 31.7 Å². The third-order valence-corrected chi connectivity index (χ3v) is 2.87. The number of hydrogen-bond acceptors (Lipinski definition) is 1. The summed E-state index contributed by atoms with van der Waals surface area (Å²) in [5.74, 6) is 0.576. The third kappa shape index (κ3) is 4.59. The standard InChI is InChI=1S/C15H23NO/c1-11(2)14(15(17)16-12(3)4)10-13-8-6-5-7-9-13/h5-9,11-12,14H,10H2,1-4H3,(H,16,17). The van der Waals surface area contributed by atoms with Gasteiger partial charge in [-0.3, -0.25) is 4.79 Å². The lowest BCUT2D eigenvalue weighted by molar-refractivity contribution is -0.126. The quantitative estimate of drug-likeness (QED) is 0.832. The molecule has 1 aromatic carbocycles. The van der Waals surface area contributed by atoms with Crippen molar-refractivity contribution in [1.82, 2.24) is 5.32 Å². The number of benzene rings is 1. The molecule has 0 radical (unpaired) electrons. The second-order valence-electron chi connectivity index (χ2n) is 5.20. The van der Waals surface area contributed by atoms with E-state index >= 15 is 0 Å². The highest BCUT2D eigenvalue weighted by atomic mass is 16.1. The number of hydrogen-bond donors (Lipinski definition) is 1. The van der Waals surface area contributed by atoms with E-state index in [0.717, 1.165) is 6.42 Å². The third-order valence-electron chi connectivity index (χ3n) is 2.87. The summed E-state index contributed by atoms with van der Waals surface area (Å²) in [7, 11) is 0. The molecule has 0 aliphatic heterocycles. The van der Waals surface area contributed by atoms with E-state index in [-0.39, 0.29) is 17.9 Å². The molecule has 94 valence electrons. The molecular weight excluding hydrogens is 210 g/mol. The minimum Gasteiger partial charge on any atom is -0.354 e. The van der Waals surface area contributed by atoms with Gasteiger partial charge >= 0.3 is 0 Å². The summed E-state index contributed by atoms with van der Waals surface area (Å²) in [6.07, 6.45) is 0.817. The Labute approximate surface area is 104 Å². The van der Waals surface area contributed by atoms with Crippen molar-refractivity contribution < 1.29 is 4.79 Å². The maximum absolute atomic E-state index is 12.1. The van der Waals surface area contributed by atoms with Crippen molar-refractivity contribution in [2.24, 2.45) is 11.8 Å². The van der Waals surface area contributed by atoms with Gasteiger partial charge < -0.3 is 5.32 Å². The van der Waals surface area contributed by atoms with Gasteiger partial charge in [-0.2, -0.15) is 0 Å². The van der Waals surface area contributed by atoms with Crippen LogP contribution in [0.15, 0.2) is 30.3 Å². The molecule has 0 saturated carbocycles. The number of nitrogens with one attached hydrogen (secondary N) is 1. The van der Waals surface area contributed by atoms with Gasteiger partial charge in [0.15, 0.2) is 0 Å². The van der Waals surface area contributed by atoms with E-state index in [4.69, 9.17) is 0 Å². The summed E-state index contributed by atoms with van der Waals surface area (Å²) in [5, 5.41) is 3.01. The molecule has 17 heavy (non-hydrogen) atoms. The summed E-state index contributed by atoms with van der Waals surface area (Å²) < 4.78 is 0. The summed E-state index contributed by atoms with van der Waals surface area (Å²) >= 11 is 0. The molecule has 1 aromatic rings. The maximum atomic E-state index is 12.1. The van der Waals surface area contributed by atoms with E-state index in [1.807, 2.05) is 32.0 Å². The van der Waals surface area contributed by atoms with Crippen molar-refractivity contribution in [1.29, 1.82) is 0 Å². The second-order valence-corrected chi connectivity index (χ2v) is 5.20. The van der Waals surface area contributed by atoms with Crippen molar-refractivity contribution in [3.05, 3.63) is 35.9 Å². The first-order chi connectivity index (χ1) is 8.00. The highest BCUT2D eigenvalue weighted by molar-refractivity contribution is 5.79. The molecule has 1 amide bonds. The molecule has 0 saturated heterocycles. The molecule has 2 heteroatoms.